The van der Waals surface area contributed by atoms with Gasteiger partial charge >= 0.3 is 5.97 Å². The van der Waals surface area contributed by atoms with E-state index in [-0.39, 0.29) is 40.7 Å². The number of carbonyl (C=O) groups is 3. The molecule has 0 heterocycles. The van der Waals surface area contributed by atoms with Crippen LogP contribution in [0.3, 0.4) is 0 Å². The number of ether oxygens (including phenoxy) is 2. The van der Waals surface area contributed by atoms with Crippen LogP contribution in [0.5, 0.6) is 11.5 Å². The van der Waals surface area contributed by atoms with Crippen molar-refractivity contribution in [2.45, 2.75) is 71.4 Å². The monoisotopic (exact) mass is 533 g/mol. The molecule has 39 heavy (non-hydrogen) atoms. The maximum Gasteiger partial charge on any atom is 0.309 e. The van der Waals surface area contributed by atoms with Gasteiger partial charge in [0.2, 0.25) is 0 Å². The van der Waals surface area contributed by atoms with Crippen molar-refractivity contribution in [3.63, 3.8) is 0 Å². The van der Waals surface area contributed by atoms with Crippen molar-refractivity contribution in [3.8, 4) is 17.6 Å². The summed E-state index contributed by atoms with van der Waals surface area (Å²) in [4.78, 5) is 38.1. The number of aliphatic carboxylic acids is 1. The smallest absolute Gasteiger partial charge is 0.309 e. The molecule has 206 valence electrons. The maximum absolute atomic E-state index is 13.5. The average Bonchev–Trinajstić information content (AvgIpc) is 2.88. The molecular weight excluding hydrogens is 498 g/mol. The lowest BCUT2D eigenvalue weighted by Gasteiger charge is -2.34. The molecule has 2 fully saturated rings. The highest BCUT2D eigenvalue weighted by Gasteiger charge is 2.38. The van der Waals surface area contributed by atoms with Crippen LogP contribution in [0.15, 0.2) is 30.3 Å². The van der Waals surface area contributed by atoms with E-state index in [1.165, 1.54) is 19.2 Å². The third-order valence-corrected chi connectivity index (χ3v) is 7.89. The molecule has 0 spiro atoms. The molecule has 0 aliphatic heterocycles. The van der Waals surface area contributed by atoms with Gasteiger partial charge in [0, 0.05) is 12.1 Å². The van der Waals surface area contributed by atoms with Gasteiger partial charge in [-0.25, -0.2) is 0 Å². The lowest BCUT2D eigenvalue weighted by Crippen LogP contribution is -2.43. The standard InChI is InChI=1S/C30H35N3O6/c1-17-5-6-22(27(34)32-20-11-18(2)12-20)24(13-17)33-28(35)23-15-25(19(16-31)14-26(23)38-4)39-21-7-9-30(3,10-8-21)29(36)37/h5-6,13-15,18,20-21H,7-12H2,1-4H3,(H,32,34)(H,33,35)(H,36,37)/t18-,20+,21-,30+. The number of methoxy groups -OCH3 is 1. The number of carbonyl (C=O) groups excluding carboxylic acids is 2. The third kappa shape index (κ3) is 6.17. The lowest BCUT2D eigenvalue weighted by molar-refractivity contribution is -0.150. The van der Waals surface area contributed by atoms with Crippen LogP contribution in [0.1, 0.15) is 84.2 Å². The molecule has 0 unspecified atom stereocenters. The molecule has 0 atom stereocenters. The zero-order valence-electron chi connectivity index (χ0n) is 22.8. The van der Waals surface area contributed by atoms with Crippen molar-refractivity contribution in [3.05, 3.63) is 52.6 Å². The fourth-order valence-electron chi connectivity index (χ4n) is 5.26. The molecule has 2 aromatic rings. The van der Waals surface area contributed by atoms with Gasteiger partial charge in [0.25, 0.3) is 11.8 Å². The summed E-state index contributed by atoms with van der Waals surface area (Å²) in [5.41, 5.74) is 1.18. The number of nitrogens with one attached hydrogen (secondary N) is 2. The number of rotatable bonds is 8. The van der Waals surface area contributed by atoms with Crippen LogP contribution < -0.4 is 20.1 Å². The van der Waals surface area contributed by atoms with Gasteiger partial charge < -0.3 is 25.2 Å². The fourth-order valence-corrected chi connectivity index (χ4v) is 5.26. The minimum absolute atomic E-state index is 0.129. The number of anilines is 1. The van der Waals surface area contributed by atoms with Crippen molar-refractivity contribution in [1.29, 1.82) is 5.26 Å². The second kappa shape index (κ2) is 11.4. The summed E-state index contributed by atoms with van der Waals surface area (Å²) in [7, 11) is 1.41. The van der Waals surface area contributed by atoms with Gasteiger partial charge in [0.15, 0.2) is 0 Å². The first-order valence-electron chi connectivity index (χ1n) is 13.3. The van der Waals surface area contributed by atoms with E-state index < -0.39 is 17.3 Å². The minimum Gasteiger partial charge on any atom is -0.496 e. The third-order valence-electron chi connectivity index (χ3n) is 7.89. The number of carboxylic acid groups (broad SMARTS) is 1. The van der Waals surface area contributed by atoms with Gasteiger partial charge in [-0.15, -0.1) is 0 Å². The van der Waals surface area contributed by atoms with Crippen LogP contribution in [-0.4, -0.2) is 42.1 Å². The summed E-state index contributed by atoms with van der Waals surface area (Å²) in [6, 6.07) is 10.4. The number of nitriles is 1. The molecule has 0 aromatic heterocycles. The molecule has 2 aliphatic rings. The van der Waals surface area contributed by atoms with Crippen LogP contribution in [-0.2, 0) is 4.79 Å². The summed E-state index contributed by atoms with van der Waals surface area (Å²) in [5, 5.41) is 25.1. The predicted octanol–water partition coefficient (Wildman–Crippen LogP) is 5.07. The van der Waals surface area contributed by atoms with E-state index in [1.807, 2.05) is 13.0 Å². The molecule has 2 aliphatic carbocycles. The Bertz CT molecular complexity index is 1320. The van der Waals surface area contributed by atoms with Crippen LogP contribution in [0.2, 0.25) is 0 Å². The number of nitrogens with zero attached hydrogens (tertiary/aromatic N) is 1. The molecule has 0 radical (unpaired) electrons. The Labute approximate surface area is 228 Å². The summed E-state index contributed by atoms with van der Waals surface area (Å²) in [6.45, 7) is 5.75. The number of aryl methyl sites for hydroxylation is 1. The van der Waals surface area contributed by atoms with Gasteiger partial charge in [-0.2, -0.15) is 5.26 Å². The minimum atomic E-state index is -0.825. The number of amides is 2. The van der Waals surface area contributed by atoms with E-state index in [0.717, 1.165) is 18.4 Å². The summed E-state index contributed by atoms with van der Waals surface area (Å²) in [6.07, 6.45) is 3.52. The predicted molar refractivity (Wildman–Crippen MR) is 145 cm³/mol. The first kappa shape index (κ1) is 28.0. The van der Waals surface area contributed by atoms with Crippen LogP contribution >= 0.6 is 0 Å². The molecule has 2 saturated carbocycles. The molecule has 0 bridgehead atoms. The molecule has 3 N–H and O–H groups in total. The number of benzene rings is 2. The molecule has 0 saturated heterocycles. The Kier molecular flexibility index (Phi) is 8.14. The van der Waals surface area contributed by atoms with Crippen LogP contribution in [0, 0.1) is 29.6 Å². The van der Waals surface area contributed by atoms with Crippen molar-refractivity contribution in [2.24, 2.45) is 11.3 Å². The van der Waals surface area contributed by atoms with Gasteiger partial charge in [-0.05, 0) is 82.1 Å². The second-order valence-electron chi connectivity index (χ2n) is 11.1. The largest absolute Gasteiger partial charge is 0.496 e. The molecule has 2 aromatic carbocycles. The van der Waals surface area contributed by atoms with E-state index in [9.17, 15) is 24.8 Å². The number of hydrogen-bond acceptors (Lipinski definition) is 6. The zero-order chi connectivity index (χ0) is 28.3. The average molecular weight is 534 g/mol. The Balaban J connectivity index is 1.56. The summed E-state index contributed by atoms with van der Waals surface area (Å²) in [5.74, 6) is -0.574. The number of hydrogen-bond donors (Lipinski definition) is 3. The van der Waals surface area contributed by atoms with Crippen molar-refractivity contribution in [2.75, 3.05) is 12.4 Å². The van der Waals surface area contributed by atoms with E-state index >= 15 is 0 Å². The van der Waals surface area contributed by atoms with Crippen molar-refractivity contribution >= 4 is 23.5 Å². The normalized spacial score (nSPS) is 24.0. The van der Waals surface area contributed by atoms with Crippen LogP contribution in [0.25, 0.3) is 0 Å². The highest BCUT2D eigenvalue weighted by molar-refractivity contribution is 6.10. The zero-order valence-corrected chi connectivity index (χ0v) is 22.8. The Morgan fingerprint density at radius 3 is 2.33 bits per heavy atom. The first-order valence-corrected chi connectivity index (χ1v) is 13.3. The Morgan fingerprint density at radius 2 is 1.74 bits per heavy atom. The summed E-state index contributed by atoms with van der Waals surface area (Å²) >= 11 is 0. The van der Waals surface area contributed by atoms with Gasteiger partial charge in [0.1, 0.15) is 17.6 Å². The fraction of sp³-hybridized carbons (Fsp3) is 0.467. The van der Waals surface area contributed by atoms with Gasteiger partial charge in [-0.1, -0.05) is 13.0 Å². The Hall–Kier alpha value is -4.06. The van der Waals surface area contributed by atoms with Crippen molar-refractivity contribution < 1.29 is 29.0 Å². The molecule has 9 heteroatoms. The first-order chi connectivity index (χ1) is 18.5. The highest BCUT2D eigenvalue weighted by Crippen LogP contribution is 2.39. The lowest BCUT2D eigenvalue weighted by atomic mass is 9.75. The van der Waals surface area contributed by atoms with Crippen molar-refractivity contribution in [1.82, 2.24) is 5.32 Å². The molecule has 9 nitrogen and oxygen atoms in total. The van der Waals surface area contributed by atoms with E-state index in [2.05, 4.69) is 23.6 Å². The molecular formula is C30H35N3O6. The summed E-state index contributed by atoms with van der Waals surface area (Å²) < 4.78 is 11.5. The highest BCUT2D eigenvalue weighted by atomic mass is 16.5. The maximum atomic E-state index is 13.5. The van der Waals surface area contributed by atoms with Gasteiger partial charge in [0.05, 0.1) is 41.0 Å². The topological polar surface area (TPSA) is 138 Å². The molecule has 4 rings (SSSR count). The Morgan fingerprint density at radius 1 is 1.05 bits per heavy atom. The second-order valence-corrected chi connectivity index (χ2v) is 11.1. The van der Waals surface area contributed by atoms with E-state index in [0.29, 0.717) is 42.9 Å². The number of carboxylic acids is 1. The van der Waals surface area contributed by atoms with E-state index in [4.69, 9.17) is 9.47 Å². The SMILES string of the molecule is COc1cc(C#N)c(O[C@H]2CC[C@@](C)(C(=O)O)CC2)cc1C(=O)Nc1cc(C)ccc1C(=O)N[C@H]1C[C@@H](C)C1. The van der Waals surface area contributed by atoms with Crippen LogP contribution in [0.4, 0.5) is 5.69 Å². The quantitative estimate of drug-likeness (QED) is 0.431. The molecule has 2 amide bonds. The van der Waals surface area contributed by atoms with Gasteiger partial charge in [-0.3, -0.25) is 14.4 Å². The van der Waals surface area contributed by atoms with E-state index in [1.54, 1.807) is 19.1 Å².